The van der Waals surface area contributed by atoms with E-state index in [2.05, 4.69) is 4.98 Å². The van der Waals surface area contributed by atoms with Gasteiger partial charge in [-0.25, -0.2) is 13.8 Å². The zero-order valence-electron chi connectivity index (χ0n) is 12.9. The highest BCUT2D eigenvalue weighted by Gasteiger charge is 2.38. The van der Waals surface area contributed by atoms with Crippen molar-refractivity contribution >= 4 is 11.6 Å². The molecule has 1 N–H and O–H groups in total. The van der Waals surface area contributed by atoms with Gasteiger partial charge in [0.15, 0.2) is 0 Å². The van der Waals surface area contributed by atoms with Crippen LogP contribution in [0.4, 0.5) is 14.5 Å². The molecule has 126 valence electrons. The summed E-state index contributed by atoms with van der Waals surface area (Å²) >= 11 is 0. The number of benzene rings is 1. The maximum atomic E-state index is 13.3. The zero-order valence-corrected chi connectivity index (χ0v) is 12.9. The number of hydroxylamine groups is 2. The SMILES string of the molecule is O=C(c1cc(N2CCC(F)(F)C2)ccn1)N(O)Cc1ccccc1. The van der Waals surface area contributed by atoms with E-state index in [0.717, 1.165) is 5.56 Å². The Bertz CT molecular complexity index is 725. The number of carbonyl (C=O) groups is 1. The molecule has 1 aliphatic heterocycles. The standard InChI is InChI=1S/C17H17F2N3O2/c18-17(19)7-9-21(12-17)14-6-8-20-15(10-14)16(23)22(24)11-13-4-2-1-3-5-13/h1-6,8,10,24H,7,9,11-12H2. The number of amides is 1. The van der Waals surface area contributed by atoms with Crippen LogP contribution >= 0.6 is 0 Å². The monoisotopic (exact) mass is 333 g/mol. The number of anilines is 1. The van der Waals surface area contributed by atoms with Gasteiger partial charge < -0.3 is 4.90 Å². The molecule has 3 rings (SSSR count). The topological polar surface area (TPSA) is 56.7 Å². The van der Waals surface area contributed by atoms with Crippen LogP contribution in [0.5, 0.6) is 0 Å². The van der Waals surface area contributed by atoms with E-state index in [4.69, 9.17) is 0 Å². The third kappa shape index (κ3) is 3.68. The number of hydrogen-bond acceptors (Lipinski definition) is 4. The van der Waals surface area contributed by atoms with Gasteiger partial charge in [0.05, 0.1) is 13.1 Å². The summed E-state index contributed by atoms with van der Waals surface area (Å²) in [5.41, 5.74) is 1.28. The first-order valence-electron chi connectivity index (χ1n) is 7.58. The predicted octanol–water partition coefficient (Wildman–Crippen LogP) is 2.96. The summed E-state index contributed by atoms with van der Waals surface area (Å²) in [6.07, 6.45) is 1.17. The lowest BCUT2D eigenvalue weighted by atomic mass is 10.2. The Morgan fingerprint density at radius 3 is 2.71 bits per heavy atom. The first-order valence-corrected chi connectivity index (χ1v) is 7.58. The van der Waals surface area contributed by atoms with Gasteiger partial charge in [0.1, 0.15) is 5.69 Å². The maximum Gasteiger partial charge on any atom is 0.296 e. The van der Waals surface area contributed by atoms with Crippen molar-refractivity contribution in [1.82, 2.24) is 10.0 Å². The van der Waals surface area contributed by atoms with E-state index in [0.29, 0.717) is 10.8 Å². The number of carbonyl (C=O) groups excluding carboxylic acids is 1. The van der Waals surface area contributed by atoms with Crippen LogP contribution in [-0.4, -0.2) is 40.2 Å². The number of hydrogen-bond donors (Lipinski definition) is 1. The molecule has 1 aromatic heterocycles. The Kier molecular flexibility index (Phi) is 4.44. The molecule has 1 aliphatic rings. The Labute approximate surface area is 138 Å². The molecule has 2 heterocycles. The fraction of sp³-hybridized carbons (Fsp3) is 0.294. The van der Waals surface area contributed by atoms with Gasteiger partial charge in [-0.2, -0.15) is 0 Å². The minimum Gasteiger partial charge on any atom is -0.365 e. The molecular formula is C17H17F2N3O2. The summed E-state index contributed by atoms with van der Waals surface area (Å²) in [7, 11) is 0. The maximum absolute atomic E-state index is 13.3. The van der Waals surface area contributed by atoms with Crippen LogP contribution in [0.3, 0.4) is 0 Å². The molecule has 0 unspecified atom stereocenters. The third-order valence-electron chi connectivity index (χ3n) is 3.91. The highest BCUT2D eigenvalue weighted by molar-refractivity contribution is 5.92. The average Bonchev–Trinajstić information content (AvgIpc) is 2.95. The molecule has 24 heavy (non-hydrogen) atoms. The molecule has 1 aromatic carbocycles. The Morgan fingerprint density at radius 2 is 2.04 bits per heavy atom. The molecule has 0 saturated carbocycles. The van der Waals surface area contributed by atoms with Gasteiger partial charge in [0.25, 0.3) is 11.8 Å². The minimum absolute atomic E-state index is 0.0150. The van der Waals surface area contributed by atoms with Gasteiger partial charge in [0.2, 0.25) is 0 Å². The lowest BCUT2D eigenvalue weighted by Gasteiger charge is -2.19. The lowest BCUT2D eigenvalue weighted by Crippen LogP contribution is -2.28. The normalized spacial score (nSPS) is 16.2. The summed E-state index contributed by atoms with van der Waals surface area (Å²) < 4.78 is 26.7. The van der Waals surface area contributed by atoms with Crippen molar-refractivity contribution in [3.63, 3.8) is 0 Å². The van der Waals surface area contributed by atoms with E-state index >= 15 is 0 Å². The molecular weight excluding hydrogens is 316 g/mol. The van der Waals surface area contributed by atoms with Gasteiger partial charge in [-0.1, -0.05) is 30.3 Å². The second kappa shape index (κ2) is 6.52. The van der Waals surface area contributed by atoms with Gasteiger partial charge in [0, 0.05) is 24.8 Å². The minimum atomic E-state index is -2.72. The van der Waals surface area contributed by atoms with E-state index in [-0.39, 0.29) is 31.7 Å². The van der Waals surface area contributed by atoms with Gasteiger partial charge in [-0.05, 0) is 17.7 Å². The van der Waals surface area contributed by atoms with E-state index < -0.39 is 11.8 Å². The van der Waals surface area contributed by atoms with Crippen LogP contribution in [-0.2, 0) is 6.54 Å². The van der Waals surface area contributed by atoms with Crippen LogP contribution < -0.4 is 4.90 Å². The Balaban J connectivity index is 1.72. The first-order chi connectivity index (χ1) is 11.4. The zero-order chi connectivity index (χ0) is 17.2. The molecule has 1 fully saturated rings. The van der Waals surface area contributed by atoms with Crippen LogP contribution in [0.2, 0.25) is 0 Å². The number of alkyl halides is 2. The number of pyridine rings is 1. The summed E-state index contributed by atoms with van der Waals surface area (Å²) in [5, 5.41) is 10.5. The molecule has 0 radical (unpaired) electrons. The van der Waals surface area contributed by atoms with Crippen LogP contribution in [0.1, 0.15) is 22.5 Å². The second-order valence-electron chi connectivity index (χ2n) is 5.78. The van der Waals surface area contributed by atoms with E-state index in [1.54, 1.807) is 30.3 Å². The molecule has 1 saturated heterocycles. The van der Waals surface area contributed by atoms with Crippen molar-refractivity contribution in [1.29, 1.82) is 0 Å². The van der Waals surface area contributed by atoms with Crippen molar-refractivity contribution in [2.24, 2.45) is 0 Å². The van der Waals surface area contributed by atoms with Crippen molar-refractivity contribution in [2.75, 3.05) is 18.0 Å². The molecule has 7 heteroatoms. The predicted molar refractivity (Wildman–Crippen MR) is 84.1 cm³/mol. The molecule has 1 amide bonds. The Morgan fingerprint density at radius 1 is 1.29 bits per heavy atom. The molecule has 0 bridgehead atoms. The van der Waals surface area contributed by atoms with Crippen molar-refractivity contribution in [2.45, 2.75) is 18.9 Å². The summed E-state index contributed by atoms with van der Waals surface area (Å²) in [4.78, 5) is 17.7. The van der Waals surface area contributed by atoms with Gasteiger partial charge in [-0.3, -0.25) is 15.0 Å². The Hall–Kier alpha value is -2.54. The van der Waals surface area contributed by atoms with E-state index in [1.165, 1.54) is 17.2 Å². The number of halogens is 2. The number of rotatable bonds is 4. The summed E-state index contributed by atoms with van der Waals surface area (Å²) in [6, 6.07) is 12.0. The van der Waals surface area contributed by atoms with Crippen molar-refractivity contribution in [3.05, 3.63) is 59.9 Å². The quantitative estimate of drug-likeness (QED) is 0.690. The molecule has 5 nitrogen and oxygen atoms in total. The first kappa shape index (κ1) is 16.3. The molecule has 2 aromatic rings. The van der Waals surface area contributed by atoms with Crippen LogP contribution in [0.25, 0.3) is 0 Å². The molecule has 0 spiro atoms. The summed E-state index contributed by atoms with van der Waals surface area (Å²) in [5.74, 6) is -3.39. The van der Waals surface area contributed by atoms with Crippen LogP contribution in [0, 0.1) is 0 Å². The van der Waals surface area contributed by atoms with Crippen molar-refractivity contribution < 1.29 is 18.8 Å². The summed E-state index contributed by atoms with van der Waals surface area (Å²) in [6.45, 7) is -0.137. The van der Waals surface area contributed by atoms with Gasteiger partial charge in [-0.15, -0.1) is 0 Å². The highest BCUT2D eigenvalue weighted by atomic mass is 19.3. The second-order valence-corrected chi connectivity index (χ2v) is 5.78. The number of aromatic nitrogens is 1. The average molecular weight is 333 g/mol. The largest absolute Gasteiger partial charge is 0.365 e. The number of nitrogens with zero attached hydrogens (tertiary/aromatic N) is 3. The fourth-order valence-corrected chi connectivity index (χ4v) is 2.65. The highest BCUT2D eigenvalue weighted by Crippen LogP contribution is 2.30. The molecule has 0 aliphatic carbocycles. The molecule has 0 atom stereocenters. The lowest BCUT2D eigenvalue weighted by molar-refractivity contribution is -0.0652. The van der Waals surface area contributed by atoms with Crippen LogP contribution in [0.15, 0.2) is 48.7 Å². The van der Waals surface area contributed by atoms with E-state index in [9.17, 15) is 18.8 Å². The van der Waals surface area contributed by atoms with Crippen molar-refractivity contribution in [3.8, 4) is 0 Å². The third-order valence-corrected chi connectivity index (χ3v) is 3.91. The van der Waals surface area contributed by atoms with E-state index in [1.807, 2.05) is 6.07 Å². The fourth-order valence-electron chi connectivity index (χ4n) is 2.65. The van der Waals surface area contributed by atoms with Gasteiger partial charge >= 0.3 is 0 Å². The smallest absolute Gasteiger partial charge is 0.296 e.